The second-order valence-electron chi connectivity index (χ2n) is 8.52. The van der Waals surface area contributed by atoms with E-state index in [0.717, 1.165) is 24.2 Å². The molecule has 0 atom stereocenters. The van der Waals surface area contributed by atoms with E-state index in [2.05, 4.69) is 62.6 Å². The lowest BCUT2D eigenvalue weighted by atomic mass is 9.71. The summed E-state index contributed by atoms with van der Waals surface area (Å²) in [5, 5.41) is 7.24. The van der Waals surface area contributed by atoms with Crippen LogP contribution >= 0.6 is 0 Å². The van der Waals surface area contributed by atoms with Crippen molar-refractivity contribution in [2.24, 2.45) is 0 Å². The van der Waals surface area contributed by atoms with E-state index >= 15 is 0 Å². The van der Waals surface area contributed by atoms with Crippen molar-refractivity contribution < 1.29 is 4.52 Å². The summed E-state index contributed by atoms with van der Waals surface area (Å²) < 4.78 is 6.95. The summed E-state index contributed by atoms with van der Waals surface area (Å²) in [6.07, 6.45) is 5.14. The molecule has 1 fully saturated rings. The lowest BCUT2D eigenvalue weighted by Crippen LogP contribution is -2.23. The lowest BCUT2D eigenvalue weighted by Gasteiger charge is -2.33. The predicted molar refractivity (Wildman–Crippen MR) is 121 cm³/mol. The third kappa shape index (κ3) is 3.17. The number of aryl methyl sites for hydroxylation is 1. The summed E-state index contributed by atoms with van der Waals surface area (Å²) in [5.41, 5.74) is 2.51. The first-order valence-corrected chi connectivity index (χ1v) is 10.8. The van der Waals surface area contributed by atoms with Crippen molar-refractivity contribution >= 4 is 21.8 Å². The van der Waals surface area contributed by atoms with E-state index in [9.17, 15) is 4.79 Å². The molecule has 0 aliphatic heterocycles. The molecule has 32 heavy (non-hydrogen) atoms. The Kier molecular flexibility index (Phi) is 4.35. The summed E-state index contributed by atoms with van der Waals surface area (Å²) in [5.74, 6) is 1.92. The summed E-state index contributed by atoms with van der Waals surface area (Å²) >= 11 is 0. The van der Waals surface area contributed by atoms with Crippen LogP contribution in [-0.2, 0) is 6.54 Å². The highest BCUT2D eigenvalue weighted by Crippen LogP contribution is 2.47. The van der Waals surface area contributed by atoms with Gasteiger partial charge in [0.25, 0.3) is 5.56 Å². The van der Waals surface area contributed by atoms with Crippen LogP contribution in [0.15, 0.2) is 70.4 Å². The quantitative estimate of drug-likeness (QED) is 0.427. The van der Waals surface area contributed by atoms with Crippen molar-refractivity contribution in [1.29, 1.82) is 0 Å². The van der Waals surface area contributed by atoms with Crippen molar-refractivity contribution in [2.75, 3.05) is 0 Å². The lowest BCUT2D eigenvalue weighted by molar-refractivity contribution is 0.315. The molecule has 0 saturated heterocycles. The average molecular weight is 423 g/mol. The van der Waals surface area contributed by atoms with Gasteiger partial charge >= 0.3 is 0 Å². The SMILES string of the molecule is Cc1ccnc2ncn(Cc3nc(C4CC(c5ccc6ccccc6c5)C4)no3)c(=O)c12. The van der Waals surface area contributed by atoms with Gasteiger partial charge in [-0.2, -0.15) is 4.98 Å². The molecule has 0 radical (unpaired) electrons. The predicted octanol–water partition coefficient (Wildman–Crippen LogP) is 4.35. The average Bonchev–Trinajstić information content (AvgIpc) is 3.22. The number of pyridine rings is 1. The first-order chi connectivity index (χ1) is 15.7. The van der Waals surface area contributed by atoms with Crippen LogP contribution < -0.4 is 5.56 Å². The van der Waals surface area contributed by atoms with Crippen molar-refractivity contribution in [3.63, 3.8) is 0 Å². The van der Waals surface area contributed by atoms with Gasteiger partial charge in [-0.3, -0.25) is 9.36 Å². The van der Waals surface area contributed by atoms with Crippen molar-refractivity contribution in [3.8, 4) is 0 Å². The largest absolute Gasteiger partial charge is 0.337 e. The molecule has 7 heteroatoms. The Balaban J connectivity index is 1.18. The van der Waals surface area contributed by atoms with E-state index in [1.807, 2.05) is 13.0 Å². The second-order valence-corrected chi connectivity index (χ2v) is 8.52. The number of rotatable bonds is 4. The zero-order valence-electron chi connectivity index (χ0n) is 17.6. The number of hydrogen-bond acceptors (Lipinski definition) is 6. The molecule has 1 aliphatic carbocycles. The normalized spacial score (nSPS) is 18.2. The molecular formula is C25H21N5O2. The molecule has 0 bridgehead atoms. The third-order valence-corrected chi connectivity index (χ3v) is 6.47. The van der Waals surface area contributed by atoms with Crippen LogP contribution in [0, 0.1) is 6.92 Å². The van der Waals surface area contributed by atoms with Crippen LogP contribution in [0.1, 0.15) is 47.5 Å². The number of hydrogen-bond donors (Lipinski definition) is 0. The molecule has 0 amide bonds. The van der Waals surface area contributed by atoms with Crippen molar-refractivity contribution in [2.45, 2.75) is 38.1 Å². The smallest absolute Gasteiger partial charge is 0.263 e. The molecule has 7 nitrogen and oxygen atoms in total. The van der Waals surface area contributed by atoms with E-state index in [0.29, 0.717) is 22.8 Å². The van der Waals surface area contributed by atoms with Gasteiger partial charge in [0, 0.05) is 12.1 Å². The first kappa shape index (κ1) is 18.9. The summed E-state index contributed by atoms with van der Waals surface area (Å²) in [7, 11) is 0. The Morgan fingerprint density at radius 1 is 1.03 bits per heavy atom. The Morgan fingerprint density at radius 2 is 1.88 bits per heavy atom. The van der Waals surface area contributed by atoms with Crippen LogP contribution in [0.2, 0.25) is 0 Å². The van der Waals surface area contributed by atoms with Gasteiger partial charge < -0.3 is 4.52 Å². The summed E-state index contributed by atoms with van der Waals surface area (Å²) in [6, 6.07) is 16.9. The fourth-order valence-electron chi connectivity index (χ4n) is 4.55. The molecule has 2 aromatic carbocycles. The summed E-state index contributed by atoms with van der Waals surface area (Å²) in [4.78, 5) is 25.9. The molecule has 0 unspecified atom stereocenters. The minimum Gasteiger partial charge on any atom is -0.337 e. The highest BCUT2D eigenvalue weighted by molar-refractivity contribution is 5.83. The Bertz CT molecular complexity index is 1510. The molecule has 1 saturated carbocycles. The van der Waals surface area contributed by atoms with E-state index in [1.165, 1.54) is 27.2 Å². The molecule has 0 N–H and O–H groups in total. The fourth-order valence-corrected chi connectivity index (χ4v) is 4.55. The van der Waals surface area contributed by atoms with Gasteiger partial charge in [-0.1, -0.05) is 47.6 Å². The standard InChI is InChI=1S/C25H21N5O2/c1-15-8-9-26-24-22(15)25(31)30(14-27-24)13-21-28-23(29-32-21)20-11-19(12-20)18-7-6-16-4-2-3-5-17(16)10-18/h2-10,14,19-20H,11-13H2,1H3. The van der Waals surface area contributed by atoms with Gasteiger partial charge in [-0.15, -0.1) is 0 Å². The maximum atomic E-state index is 12.8. The minimum atomic E-state index is -0.152. The van der Waals surface area contributed by atoms with Gasteiger partial charge in [-0.25, -0.2) is 9.97 Å². The molecule has 3 heterocycles. The topological polar surface area (TPSA) is 86.7 Å². The van der Waals surface area contributed by atoms with Crippen molar-refractivity contribution in [3.05, 3.63) is 94.3 Å². The monoisotopic (exact) mass is 423 g/mol. The third-order valence-electron chi connectivity index (χ3n) is 6.47. The van der Waals surface area contributed by atoms with Gasteiger partial charge in [0.15, 0.2) is 11.5 Å². The zero-order valence-corrected chi connectivity index (χ0v) is 17.6. The maximum absolute atomic E-state index is 12.8. The van der Waals surface area contributed by atoms with Crippen LogP contribution in [0.5, 0.6) is 0 Å². The molecule has 158 valence electrons. The van der Waals surface area contributed by atoms with Crippen LogP contribution in [-0.4, -0.2) is 24.7 Å². The molecule has 5 aromatic rings. The van der Waals surface area contributed by atoms with Gasteiger partial charge in [0.2, 0.25) is 5.89 Å². The fraction of sp³-hybridized carbons (Fsp3) is 0.240. The first-order valence-electron chi connectivity index (χ1n) is 10.8. The molecule has 6 rings (SSSR count). The maximum Gasteiger partial charge on any atom is 0.263 e. The van der Waals surface area contributed by atoms with Gasteiger partial charge in [0.05, 0.1) is 5.39 Å². The number of benzene rings is 2. The Hall–Kier alpha value is -3.87. The molecule has 1 aliphatic rings. The molecule has 0 spiro atoms. The number of nitrogens with zero attached hydrogens (tertiary/aromatic N) is 5. The van der Waals surface area contributed by atoms with Crippen LogP contribution in [0.4, 0.5) is 0 Å². The summed E-state index contributed by atoms with van der Waals surface area (Å²) in [6.45, 7) is 2.08. The zero-order chi connectivity index (χ0) is 21.7. The number of aromatic nitrogens is 5. The van der Waals surface area contributed by atoms with Gasteiger partial charge in [0.1, 0.15) is 12.9 Å². The van der Waals surface area contributed by atoms with E-state index < -0.39 is 0 Å². The van der Waals surface area contributed by atoms with Gasteiger partial charge in [-0.05, 0) is 53.6 Å². The Morgan fingerprint density at radius 3 is 2.75 bits per heavy atom. The molecular weight excluding hydrogens is 402 g/mol. The van der Waals surface area contributed by atoms with Crippen molar-refractivity contribution in [1.82, 2.24) is 24.7 Å². The highest BCUT2D eigenvalue weighted by Gasteiger charge is 2.34. The van der Waals surface area contributed by atoms with E-state index in [1.54, 1.807) is 6.20 Å². The second kappa shape index (κ2) is 7.37. The van der Waals surface area contributed by atoms with Crippen LogP contribution in [0.3, 0.4) is 0 Å². The molecule has 3 aromatic heterocycles. The highest BCUT2D eigenvalue weighted by atomic mass is 16.5. The minimum absolute atomic E-state index is 0.152. The number of fused-ring (bicyclic) bond motifs is 2. The van der Waals surface area contributed by atoms with E-state index in [4.69, 9.17) is 4.52 Å². The van der Waals surface area contributed by atoms with E-state index in [-0.39, 0.29) is 18.0 Å². The Labute approximate surface area is 183 Å². The van der Waals surface area contributed by atoms with Crippen LogP contribution in [0.25, 0.3) is 21.8 Å².